The molecule has 2 rings (SSSR count). The molecule has 0 aliphatic carbocycles. The molecule has 0 bridgehead atoms. The van der Waals surface area contributed by atoms with Gasteiger partial charge in [-0.3, -0.25) is 9.59 Å². The highest BCUT2D eigenvalue weighted by molar-refractivity contribution is 7.88. The van der Waals surface area contributed by atoms with Crippen LogP contribution in [-0.4, -0.2) is 61.9 Å². The van der Waals surface area contributed by atoms with Crippen LogP contribution in [0.2, 0.25) is 5.02 Å². The van der Waals surface area contributed by atoms with Crippen molar-refractivity contribution in [1.82, 2.24) is 14.5 Å². The average Bonchev–Trinajstić information content (AvgIpc) is 2.75. The number of nitrogens with one attached hydrogen (secondary N) is 1. The van der Waals surface area contributed by atoms with Crippen LogP contribution in [0, 0.1) is 0 Å². The van der Waals surface area contributed by atoms with Crippen LogP contribution < -0.4 is 5.32 Å². The molecule has 32 heavy (non-hydrogen) atoms. The fraction of sp³-hybridized carbons (Fsp3) is 0.391. The van der Waals surface area contributed by atoms with Gasteiger partial charge in [-0.05, 0) is 29.7 Å². The van der Waals surface area contributed by atoms with Crippen LogP contribution in [0.15, 0.2) is 54.6 Å². The van der Waals surface area contributed by atoms with E-state index in [4.69, 9.17) is 11.6 Å². The Morgan fingerprint density at radius 2 is 1.66 bits per heavy atom. The van der Waals surface area contributed by atoms with Gasteiger partial charge < -0.3 is 10.2 Å². The average molecular weight is 480 g/mol. The number of hydrogen-bond acceptors (Lipinski definition) is 4. The molecule has 0 fully saturated rings. The normalized spacial score (nSPS) is 12.4. The Balaban J connectivity index is 2.41. The molecule has 1 atom stereocenters. The SMILES string of the molecule is CCCNC(=O)C(Cc1ccccc1)N(Cc1ccc(Cl)cc1)C(=O)CN(C)S(C)(=O)=O. The van der Waals surface area contributed by atoms with Gasteiger partial charge in [0.2, 0.25) is 21.8 Å². The zero-order valence-corrected chi connectivity index (χ0v) is 20.2. The Kier molecular flexibility index (Phi) is 9.68. The van der Waals surface area contributed by atoms with Gasteiger partial charge >= 0.3 is 0 Å². The predicted molar refractivity (Wildman–Crippen MR) is 127 cm³/mol. The number of hydrogen-bond donors (Lipinski definition) is 1. The molecule has 174 valence electrons. The third kappa shape index (κ3) is 7.93. The minimum atomic E-state index is -3.56. The number of amides is 2. The third-order valence-electron chi connectivity index (χ3n) is 5.01. The number of carbonyl (C=O) groups is 2. The summed E-state index contributed by atoms with van der Waals surface area (Å²) in [5, 5.41) is 3.44. The van der Waals surface area contributed by atoms with Crippen molar-refractivity contribution in [2.45, 2.75) is 32.4 Å². The first kappa shape index (κ1) is 25.8. The summed E-state index contributed by atoms with van der Waals surface area (Å²) in [5.41, 5.74) is 1.68. The second-order valence-electron chi connectivity index (χ2n) is 7.66. The molecular formula is C23H30ClN3O4S. The largest absolute Gasteiger partial charge is 0.354 e. The first-order chi connectivity index (χ1) is 15.1. The van der Waals surface area contributed by atoms with Gasteiger partial charge in [0.05, 0.1) is 12.8 Å². The van der Waals surface area contributed by atoms with Gasteiger partial charge in [-0.25, -0.2) is 8.42 Å². The minimum Gasteiger partial charge on any atom is -0.354 e. The van der Waals surface area contributed by atoms with Crippen molar-refractivity contribution in [2.75, 3.05) is 26.4 Å². The van der Waals surface area contributed by atoms with Gasteiger partial charge in [-0.2, -0.15) is 4.31 Å². The monoisotopic (exact) mass is 479 g/mol. The van der Waals surface area contributed by atoms with Crippen LogP contribution in [0.3, 0.4) is 0 Å². The van der Waals surface area contributed by atoms with Crippen LogP contribution >= 0.6 is 11.6 Å². The lowest BCUT2D eigenvalue weighted by Gasteiger charge is -2.32. The maximum atomic E-state index is 13.3. The van der Waals surface area contributed by atoms with Gasteiger partial charge in [-0.15, -0.1) is 0 Å². The first-order valence-electron chi connectivity index (χ1n) is 10.4. The molecule has 0 radical (unpaired) electrons. The van der Waals surface area contributed by atoms with E-state index in [0.717, 1.165) is 28.1 Å². The summed E-state index contributed by atoms with van der Waals surface area (Å²) in [6.45, 7) is 2.21. The van der Waals surface area contributed by atoms with Gasteiger partial charge in [0.1, 0.15) is 6.04 Å². The summed E-state index contributed by atoms with van der Waals surface area (Å²) in [6, 6.07) is 15.6. The van der Waals surface area contributed by atoms with Crippen molar-refractivity contribution in [1.29, 1.82) is 0 Å². The van der Waals surface area contributed by atoms with E-state index in [1.807, 2.05) is 37.3 Å². The number of carbonyl (C=O) groups excluding carboxylic acids is 2. The lowest BCUT2D eigenvalue weighted by atomic mass is 10.0. The fourth-order valence-corrected chi connectivity index (χ4v) is 3.58. The van der Waals surface area contributed by atoms with E-state index < -0.39 is 22.0 Å². The first-order valence-corrected chi connectivity index (χ1v) is 12.6. The summed E-state index contributed by atoms with van der Waals surface area (Å²) in [5.74, 6) is -0.736. The summed E-state index contributed by atoms with van der Waals surface area (Å²) in [4.78, 5) is 27.9. The van der Waals surface area contributed by atoms with Gasteiger partial charge in [-0.1, -0.05) is 61.0 Å². The quantitative estimate of drug-likeness (QED) is 0.536. The maximum absolute atomic E-state index is 13.3. The van der Waals surface area contributed by atoms with Crippen LogP contribution in [0.1, 0.15) is 24.5 Å². The molecule has 2 aromatic rings. The van der Waals surface area contributed by atoms with Crippen molar-refractivity contribution in [2.24, 2.45) is 0 Å². The van der Waals surface area contributed by atoms with E-state index in [1.165, 1.54) is 11.9 Å². The molecule has 9 heteroatoms. The lowest BCUT2D eigenvalue weighted by Crippen LogP contribution is -2.53. The van der Waals surface area contributed by atoms with E-state index in [0.29, 0.717) is 18.0 Å². The molecule has 0 aliphatic heterocycles. The van der Waals surface area contributed by atoms with E-state index in [1.54, 1.807) is 24.3 Å². The molecule has 0 heterocycles. The summed E-state index contributed by atoms with van der Waals surface area (Å²) >= 11 is 5.99. The molecular weight excluding hydrogens is 450 g/mol. The van der Waals surface area contributed by atoms with Crippen LogP contribution in [0.5, 0.6) is 0 Å². The molecule has 0 saturated heterocycles. The van der Waals surface area contributed by atoms with Crippen LogP contribution in [0.25, 0.3) is 0 Å². The highest BCUT2D eigenvalue weighted by atomic mass is 35.5. The van der Waals surface area contributed by atoms with E-state index in [-0.39, 0.29) is 19.0 Å². The smallest absolute Gasteiger partial charge is 0.243 e. The second kappa shape index (κ2) is 12.0. The Hall–Kier alpha value is -2.42. The number of halogens is 1. The maximum Gasteiger partial charge on any atom is 0.243 e. The van der Waals surface area contributed by atoms with Crippen molar-refractivity contribution < 1.29 is 18.0 Å². The third-order valence-corrected chi connectivity index (χ3v) is 6.52. The molecule has 0 spiro atoms. The zero-order chi connectivity index (χ0) is 23.7. The molecule has 0 aliphatic rings. The number of likely N-dealkylation sites (N-methyl/N-ethyl adjacent to an activating group) is 1. The van der Waals surface area contributed by atoms with Crippen molar-refractivity contribution in [3.05, 3.63) is 70.7 Å². The van der Waals surface area contributed by atoms with Crippen LogP contribution in [0.4, 0.5) is 0 Å². The highest BCUT2D eigenvalue weighted by Gasteiger charge is 2.31. The topological polar surface area (TPSA) is 86.8 Å². The molecule has 0 saturated carbocycles. The van der Waals surface area contributed by atoms with E-state index in [2.05, 4.69) is 5.32 Å². The molecule has 0 aromatic heterocycles. The number of rotatable bonds is 11. The zero-order valence-electron chi connectivity index (χ0n) is 18.6. The second-order valence-corrected chi connectivity index (χ2v) is 10.2. The molecule has 1 N–H and O–H groups in total. The standard InChI is InChI=1S/C23H30ClN3O4S/c1-4-14-25-23(29)21(15-18-8-6-5-7-9-18)27(16-19-10-12-20(24)13-11-19)22(28)17-26(2)32(3,30)31/h5-13,21H,4,14-17H2,1-3H3,(H,25,29). The summed E-state index contributed by atoms with van der Waals surface area (Å²) in [6.07, 6.45) is 2.10. The Bertz CT molecular complexity index is 998. The predicted octanol–water partition coefficient (Wildman–Crippen LogP) is 2.70. The molecule has 7 nitrogen and oxygen atoms in total. The lowest BCUT2D eigenvalue weighted by molar-refractivity contribution is -0.141. The van der Waals surface area contributed by atoms with Crippen molar-refractivity contribution >= 4 is 33.4 Å². The molecule has 2 aromatic carbocycles. The van der Waals surface area contributed by atoms with Gasteiger partial charge in [0.25, 0.3) is 0 Å². The fourth-order valence-electron chi connectivity index (χ4n) is 3.11. The van der Waals surface area contributed by atoms with Crippen molar-refractivity contribution in [3.63, 3.8) is 0 Å². The summed E-state index contributed by atoms with van der Waals surface area (Å²) < 4.78 is 24.7. The van der Waals surface area contributed by atoms with Gasteiger partial charge in [0.15, 0.2) is 0 Å². The highest BCUT2D eigenvalue weighted by Crippen LogP contribution is 2.17. The molecule has 1 unspecified atom stereocenters. The van der Waals surface area contributed by atoms with E-state index in [9.17, 15) is 18.0 Å². The van der Waals surface area contributed by atoms with Gasteiger partial charge in [0, 0.05) is 31.6 Å². The molecule has 2 amide bonds. The Labute approximate surface area is 195 Å². The van der Waals surface area contributed by atoms with Crippen molar-refractivity contribution in [3.8, 4) is 0 Å². The Morgan fingerprint density at radius 1 is 1.03 bits per heavy atom. The number of nitrogens with zero attached hydrogens (tertiary/aromatic N) is 2. The Morgan fingerprint density at radius 3 is 2.22 bits per heavy atom. The van der Waals surface area contributed by atoms with Crippen LogP contribution in [-0.2, 0) is 32.6 Å². The summed E-state index contributed by atoms with van der Waals surface area (Å²) in [7, 11) is -2.22. The van der Waals surface area contributed by atoms with E-state index >= 15 is 0 Å². The number of sulfonamides is 1. The number of benzene rings is 2. The minimum absolute atomic E-state index is 0.144.